The van der Waals surface area contributed by atoms with Crippen LogP contribution in [0.5, 0.6) is 5.75 Å². The van der Waals surface area contributed by atoms with Crippen LogP contribution in [0.4, 0.5) is 5.69 Å². The number of hydrogen-bond donors (Lipinski definition) is 1. The zero-order valence-electron chi connectivity index (χ0n) is 22.6. The summed E-state index contributed by atoms with van der Waals surface area (Å²) in [5.74, 6) is -0.551. The number of carbonyl (C=O) groups excluding carboxylic acids is 2. The van der Waals surface area contributed by atoms with E-state index in [4.69, 9.17) is 16.3 Å². The summed E-state index contributed by atoms with van der Waals surface area (Å²) >= 11 is 6.01. The molecule has 0 heterocycles. The van der Waals surface area contributed by atoms with E-state index in [9.17, 15) is 18.0 Å². The number of aryl methyl sites for hydroxylation is 1. The van der Waals surface area contributed by atoms with Crippen LogP contribution in [0.25, 0.3) is 0 Å². The Morgan fingerprint density at radius 2 is 1.69 bits per heavy atom. The predicted molar refractivity (Wildman–Crippen MR) is 153 cm³/mol. The fraction of sp³-hybridized carbons (Fsp3) is 0.310. The Morgan fingerprint density at radius 1 is 1.00 bits per heavy atom. The van der Waals surface area contributed by atoms with Gasteiger partial charge in [-0.25, -0.2) is 8.42 Å². The summed E-state index contributed by atoms with van der Waals surface area (Å²) < 4.78 is 34.7. The maximum absolute atomic E-state index is 14.0. The molecule has 0 saturated carbocycles. The van der Waals surface area contributed by atoms with Gasteiger partial charge in [-0.2, -0.15) is 0 Å². The zero-order valence-corrected chi connectivity index (χ0v) is 24.1. The first-order chi connectivity index (χ1) is 18.6. The zero-order chi connectivity index (χ0) is 28.6. The Hall–Kier alpha value is -3.56. The van der Waals surface area contributed by atoms with Gasteiger partial charge in [0, 0.05) is 18.6 Å². The maximum Gasteiger partial charge on any atom is 0.264 e. The summed E-state index contributed by atoms with van der Waals surface area (Å²) in [4.78, 5) is 28.2. The van der Waals surface area contributed by atoms with Crippen LogP contribution in [-0.4, -0.2) is 51.4 Å². The van der Waals surface area contributed by atoms with Crippen molar-refractivity contribution < 1.29 is 22.7 Å². The summed E-state index contributed by atoms with van der Waals surface area (Å²) in [6.07, 6.45) is 0.344. The highest BCUT2D eigenvalue weighted by atomic mass is 35.5. The summed E-state index contributed by atoms with van der Waals surface area (Å²) in [6.45, 7) is 5.43. The van der Waals surface area contributed by atoms with Gasteiger partial charge in [0.1, 0.15) is 18.3 Å². The SMILES string of the molecule is CCOc1ccccc1N(CC(=O)N(Cc1cccc(C)c1)[C@H](CC)C(=O)NC)S(=O)(=O)c1ccc(Cl)cc1. The first-order valence-electron chi connectivity index (χ1n) is 12.7. The summed E-state index contributed by atoms with van der Waals surface area (Å²) in [5.41, 5.74) is 2.05. The monoisotopic (exact) mass is 571 g/mol. The van der Waals surface area contributed by atoms with Crippen LogP contribution in [0, 0.1) is 6.92 Å². The summed E-state index contributed by atoms with van der Waals surface area (Å²) in [7, 11) is -2.72. The molecule has 3 aromatic rings. The second kappa shape index (κ2) is 13.5. The average Bonchev–Trinajstić information content (AvgIpc) is 2.92. The predicted octanol–water partition coefficient (Wildman–Crippen LogP) is 4.80. The molecule has 0 radical (unpaired) electrons. The van der Waals surface area contributed by atoms with E-state index in [0.29, 0.717) is 23.8 Å². The number of anilines is 1. The molecule has 0 fully saturated rings. The molecule has 1 atom stereocenters. The first kappa shape index (κ1) is 30.0. The normalized spacial score (nSPS) is 11.9. The second-order valence-corrected chi connectivity index (χ2v) is 11.2. The lowest BCUT2D eigenvalue weighted by atomic mass is 10.1. The lowest BCUT2D eigenvalue weighted by molar-refractivity contribution is -0.140. The Labute approximate surface area is 235 Å². The van der Waals surface area contributed by atoms with Gasteiger partial charge in [-0.05, 0) is 62.2 Å². The van der Waals surface area contributed by atoms with Crippen molar-refractivity contribution in [2.75, 3.05) is 24.5 Å². The molecule has 0 saturated heterocycles. The third-order valence-electron chi connectivity index (χ3n) is 6.18. The Balaban J connectivity index is 2.11. The highest BCUT2D eigenvalue weighted by molar-refractivity contribution is 7.92. The fourth-order valence-corrected chi connectivity index (χ4v) is 5.83. The first-order valence-corrected chi connectivity index (χ1v) is 14.5. The van der Waals surface area contributed by atoms with E-state index in [2.05, 4.69) is 5.32 Å². The highest BCUT2D eigenvalue weighted by Gasteiger charge is 2.34. The Morgan fingerprint density at radius 3 is 2.31 bits per heavy atom. The van der Waals surface area contributed by atoms with Crippen molar-refractivity contribution in [1.29, 1.82) is 0 Å². The molecular weight excluding hydrogens is 538 g/mol. The molecular formula is C29H34ClN3O5S. The topological polar surface area (TPSA) is 96.0 Å². The number of halogens is 1. The van der Waals surface area contributed by atoms with E-state index in [0.717, 1.165) is 15.4 Å². The minimum Gasteiger partial charge on any atom is -0.492 e. The van der Waals surface area contributed by atoms with Crippen LogP contribution in [-0.2, 0) is 26.2 Å². The number of rotatable bonds is 12. The van der Waals surface area contributed by atoms with Crippen LogP contribution in [0.15, 0.2) is 77.7 Å². The number of sulfonamides is 1. The van der Waals surface area contributed by atoms with E-state index in [-0.39, 0.29) is 23.0 Å². The lowest BCUT2D eigenvalue weighted by Crippen LogP contribution is -2.51. The van der Waals surface area contributed by atoms with Gasteiger partial charge in [0.25, 0.3) is 10.0 Å². The van der Waals surface area contributed by atoms with Crippen LogP contribution in [0.1, 0.15) is 31.4 Å². The minimum absolute atomic E-state index is 0.0328. The highest BCUT2D eigenvalue weighted by Crippen LogP contribution is 2.33. The molecule has 0 unspecified atom stereocenters. The lowest BCUT2D eigenvalue weighted by Gasteiger charge is -2.33. The van der Waals surface area contributed by atoms with E-state index >= 15 is 0 Å². The Bertz CT molecular complexity index is 1400. The van der Waals surface area contributed by atoms with Crippen molar-refractivity contribution in [1.82, 2.24) is 10.2 Å². The molecule has 0 bridgehead atoms. The van der Waals surface area contributed by atoms with Gasteiger partial charge in [0.2, 0.25) is 11.8 Å². The second-order valence-electron chi connectivity index (χ2n) is 8.92. The Kier molecular flexibility index (Phi) is 10.4. The number of carbonyl (C=O) groups is 2. The molecule has 3 aromatic carbocycles. The molecule has 0 spiro atoms. The van der Waals surface area contributed by atoms with Crippen molar-refractivity contribution in [3.05, 3.63) is 88.9 Å². The molecule has 3 rings (SSSR count). The number of ether oxygens (including phenoxy) is 1. The van der Waals surface area contributed by atoms with Gasteiger partial charge in [-0.3, -0.25) is 13.9 Å². The third kappa shape index (κ3) is 7.30. The van der Waals surface area contributed by atoms with E-state index in [1.807, 2.05) is 38.1 Å². The number of likely N-dealkylation sites (N-methyl/N-ethyl adjacent to an activating group) is 1. The number of hydrogen-bond acceptors (Lipinski definition) is 5. The number of nitrogens with one attached hydrogen (secondary N) is 1. The molecule has 0 aliphatic rings. The quantitative estimate of drug-likeness (QED) is 0.337. The maximum atomic E-state index is 14.0. The summed E-state index contributed by atoms with van der Waals surface area (Å²) in [5, 5.41) is 3.01. The van der Waals surface area contributed by atoms with Crippen molar-refractivity contribution in [3.63, 3.8) is 0 Å². The number of amides is 2. The van der Waals surface area contributed by atoms with Gasteiger partial charge in [-0.1, -0.05) is 60.5 Å². The third-order valence-corrected chi connectivity index (χ3v) is 8.21. The van der Waals surface area contributed by atoms with Crippen LogP contribution >= 0.6 is 11.6 Å². The van der Waals surface area contributed by atoms with Gasteiger partial charge < -0.3 is 15.0 Å². The smallest absolute Gasteiger partial charge is 0.264 e. The van der Waals surface area contributed by atoms with Crippen molar-refractivity contribution >= 4 is 39.1 Å². The largest absolute Gasteiger partial charge is 0.492 e. The minimum atomic E-state index is -4.23. The van der Waals surface area contributed by atoms with Crippen LogP contribution in [0.2, 0.25) is 5.02 Å². The van der Waals surface area contributed by atoms with Gasteiger partial charge in [0.05, 0.1) is 17.2 Å². The van der Waals surface area contributed by atoms with E-state index < -0.39 is 28.5 Å². The summed E-state index contributed by atoms with van der Waals surface area (Å²) in [6, 6.07) is 19.2. The average molecular weight is 572 g/mol. The number of benzene rings is 3. The van der Waals surface area contributed by atoms with E-state index in [1.54, 1.807) is 31.2 Å². The molecule has 39 heavy (non-hydrogen) atoms. The van der Waals surface area contributed by atoms with Gasteiger partial charge >= 0.3 is 0 Å². The van der Waals surface area contributed by atoms with Crippen molar-refractivity contribution in [2.24, 2.45) is 0 Å². The molecule has 1 N–H and O–H groups in total. The standard InChI is InChI=1S/C29H34ClN3O5S/c1-5-25(29(35)31-4)32(19-22-11-9-10-21(3)18-22)28(34)20-33(26-12-7-8-13-27(26)38-6-2)39(36,37)24-16-14-23(30)15-17-24/h7-18,25H,5-6,19-20H2,1-4H3,(H,31,35)/t25-/m1/s1. The van der Waals surface area contributed by atoms with Crippen LogP contribution in [0.3, 0.4) is 0 Å². The molecule has 8 nitrogen and oxygen atoms in total. The number of nitrogens with zero attached hydrogens (tertiary/aromatic N) is 2. The van der Waals surface area contributed by atoms with Crippen molar-refractivity contribution in [2.45, 2.75) is 44.7 Å². The molecule has 0 aliphatic heterocycles. The molecule has 2 amide bonds. The fourth-order valence-electron chi connectivity index (χ4n) is 4.28. The van der Waals surface area contributed by atoms with E-state index in [1.165, 1.54) is 36.2 Å². The van der Waals surface area contributed by atoms with Crippen molar-refractivity contribution in [3.8, 4) is 5.75 Å². The molecule has 10 heteroatoms. The molecule has 0 aromatic heterocycles. The number of para-hydroxylation sites is 2. The van der Waals surface area contributed by atoms with Gasteiger partial charge in [0.15, 0.2) is 0 Å². The molecule has 0 aliphatic carbocycles. The van der Waals surface area contributed by atoms with Crippen LogP contribution < -0.4 is 14.4 Å². The molecule has 208 valence electrons. The van der Waals surface area contributed by atoms with Gasteiger partial charge in [-0.15, -0.1) is 0 Å².